The Morgan fingerprint density at radius 2 is 1.47 bits per heavy atom. The molecule has 0 bridgehead atoms. The van der Waals surface area contributed by atoms with E-state index in [2.05, 4.69) is 54.6 Å². The maximum Gasteiger partial charge on any atom is 0.351 e. The average molecular weight is 687 g/mol. The Morgan fingerprint density at radius 3 is 2.24 bits per heavy atom. The van der Waals surface area contributed by atoms with Gasteiger partial charge in [0, 0.05) is 40.0 Å². The van der Waals surface area contributed by atoms with Gasteiger partial charge in [-0.2, -0.15) is 9.97 Å². The molecule has 2 heterocycles. The lowest BCUT2D eigenvalue weighted by Gasteiger charge is -2.21. The Morgan fingerprint density at radius 1 is 0.765 bits per heavy atom. The lowest BCUT2D eigenvalue weighted by Crippen LogP contribution is -2.28. The lowest BCUT2D eigenvalue weighted by molar-refractivity contribution is 0.0887. The fourth-order valence-electron chi connectivity index (χ4n) is 6.15. The number of nitrogens with one attached hydrogen (secondary N) is 4. The summed E-state index contributed by atoms with van der Waals surface area (Å²) in [5, 5.41) is 9.99. The molecule has 12 heteroatoms. The van der Waals surface area contributed by atoms with Gasteiger partial charge < -0.3 is 20.9 Å². The number of rotatable bonds is 16. The first kappa shape index (κ1) is 35.1. The number of nitrogens with zero attached hydrogens (tertiary/aromatic N) is 4. The molecule has 12 nitrogen and oxygen atoms in total. The number of H-pyrrole nitrogens is 1. The van der Waals surface area contributed by atoms with Crippen molar-refractivity contribution in [1.29, 1.82) is 0 Å². The van der Waals surface area contributed by atoms with Crippen LogP contribution < -0.4 is 21.6 Å². The molecule has 1 amide bonds. The van der Waals surface area contributed by atoms with Gasteiger partial charge >= 0.3 is 5.69 Å². The molecule has 0 saturated heterocycles. The molecule has 51 heavy (non-hydrogen) atoms. The second kappa shape index (κ2) is 16.3. The van der Waals surface area contributed by atoms with Crippen LogP contribution in [-0.2, 0) is 0 Å². The molecule has 0 fully saturated rings. The SMILES string of the molecule is CCCCN(CCCC)CCCNc1nc(Nc2ccc(NC(=O)c3ccc4c(c3)C(=O)C(c3ccc5ccccc5n3)C4=O)cc2)[nH]c(=O)n1. The van der Waals surface area contributed by atoms with Crippen LogP contribution in [-0.4, -0.2) is 68.5 Å². The van der Waals surface area contributed by atoms with Crippen molar-refractivity contribution in [2.75, 3.05) is 42.1 Å². The van der Waals surface area contributed by atoms with Gasteiger partial charge in [-0.1, -0.05) is 51.0 Å². The number of carbonyl (C=O) groups is 3. The molecule has 5 aromatic rings. The van der Waals surface area contributed by atoms with Crippen molar-refractivity contribution >= 4 is 51.6 Å². The molecule has 4 N–H and O–H groups in total. The van der Waals surface area contributed by atoms with E-state index in [0.717, 1.165) is 31.4 Å². The summed E-state index contributed by atoms with van der Waals surface area (Å²) >= 11 is 0. The smallest absolute Gasteiger partial charge is 0.351 e. The van der Waals surface area contributed by atoms with E-state index in [4.69, 9.17) is 0 Å². The Kier molecular flexibility index (Phi) is 11.2. The second-order valence-electron chi connectivity index (χ2n) is 12.7. The lowest BCUT2D eigenvalue weighted by atomic mass is 9.98. The summed E-state index contributed by atoms with van der Waals surface area (Å²) in [6.45, 7) is 8.21. The van der Waals surface area contributed by atoms with Crippen LogP contribution in [0.2, 0.25) is 0 Å². The number of pyridine rings is 1. The van der Waals surface area contributed by atoms with Gasteiger partial charge in [0.25, 0.3) is 5.91 Å². The van der Waals surface area contributed by atoms with E-state index in [1.54, 1.807) is 30.3 Å². The van der Waals surface area contributed by atoms with Gasteiger partial charge in [0.15, 0.2) is 11.6 Å². The molecule has 6 rings (SSSR count). The van der Waals surface area contributed by atoms with Gasteiger partial charge in [-0.05, 0) is 93.5 Å². The zero-order chi connectivity index (χ0) is 35.7. The number of ketones is 2. The Hall–Kier alpha value is -5.75. The van der Waals surface area contributed by atoms with Gasteiger partial charge in [0.05, 0.1) is 11.2 Å². The molecule has 3 aromatic carbocycles. The number of Topliss-reactive ketones (excluding diaryl/α,β-unsaturated/α-hetero) is 2. The first-order valence-electron chi connectivity index (χ1n) is 17.5. The molecular formula is C39H42N8O4. The summed E-state index contributed by atoms with van der Waals surface area (Å²) in [5.74, 6) is -1.69. The largest absolute Gasteiger partial charge is 0.354 e. The van der Waals surface area contributed by atoms with Crippen molar-refractivity contribution in [2.24, 2.45) is 0 Å². The third-order valence-electron chi connectivity index (χ3n) is 8.90. The molecule has 1 aliphatic carbocycles. The molecule has 1 unspecified atom stereocenters. The fourth-order valence-corrected chi connectivity index (χ4v) is 6.15. The van der Waals surface area contributed by atoms with Gasteiger partial charge in [0.2, 0.25) is 11.9 Å². The Balaban J connectivity index is 1.04. The van der Waals surface area contributed by atoms with Gasteiger partial charge in [0.1, 0.15) is 5.92 Å². The summed E-state index contributed by atoms with van der Waals surface area (Å²) in [7, 11) is 0. The van der Waals surface area contributed by atoms with Crippen LogP contribution in [0.4, 0.5) is 23.3 Å². The highest BCUT2D eigenvalue weighted by atomic mass is 16.2. The first-order valence-corrected chi connectivity index (χ1v) is 17.5. The predicted octanol–water partition coefficient (Wildman–Crippen LogP) is 6.58. The zero-order valence-electron chi connectivity index (χ0n) is 28.9. The molecule has 2 aromatic heterocycles. The van der Waals surface area contributed by atoms with Crippen LogP contribution in [0.25, 0.3) is 10.9 Å². The van der Waals surface area contributed by atoms with Crippen LogP contribution in [0.5, 0.6) is 0 Å². The minimum Gasteiger partial charge on any atom is -0.354 e. The fraction of sp³-hybridized carbons (Fsp3) is 0.308. The predicted molar refractivity (Wildman–Crippen MR) is 199 cm³/mol. The molecule has 0 spiro atoms. The van der Waals surface area contributed by atoms with E-state index < -0.39 is 17.5 Å². The number of fused-ring (bicyclic) bond motifs is 2. The first-order chi connectivity index (χ1) is 24.8. The molecule has 0 radical (unpaired) electrons. The van der Waals surface area contributed by atoms with E-state index in [1.165, 1.54) is 43.9 Å². The number of hydrogen-bond donors (Lipinski definition) is 4. The third kappa shape index (κ3) is 8.53. The van der Waals surface area contributed by atoms with Crippen molar-refractivity contribution < 1.29 is 14.4 Å². The summed E-state index contributed by atoms with van der Waals surface area (Å²) in [5.41, 5.74) is 2.44. The number of unbranched alkanes of at least 4 members (excludes halogenated alkanes) is 2. The monoisotopic (exact) mass is 686 g/mol. The molecule has 1 aliphatic rings. The minimum absolute atomic E-state index is 0.209. The number of amides is 1. The number of aromatic nitrogens is 4. The second-order valence-corrected chi connectivity index (χ2v) is 12.7. The van der Waals surface area contributed by atoms with Crippen molar-refractivity contribution in [1.82, 2.24) is 24.8 Å². The molecular weight excluding hydrogens is 644 g/mol. The highest BCUT2D eigenvalue weighted by Crippen LogP contribution is 2.34. The third-order valence-corrected chi connectivity index (χ3v) is 8.90. The topological polar surface area (TPSA) is 162 Å². The Labute approximate surface area is 296 Å². The van der Waals surface area contributed by atoms with Crippen molar-refractivity contribution in [3.63, 3.8) is 0 Å². The highest BCUT2D eigenvalue weighted by molar-refractivity contribution is 6.30. The standard InChI is InChI=1S/C39H42N8O4/c1-3-5-21-47(22-6-4-2)23-9-20-40-37-44-38(46-39(51)45-37)42-28-16-14-27(15-17-28)41-36(50)26-12-18-29-30(24-26)35(49)33(34(29)48)32-19-13-25-10-7-8-11-31(25)43-32/h7-8,10-19,24,33H,3-6,9,20-23H2,1-2H3,(H,41,50)(H3,40,42,44,45,46,51). The number of carbonyl (C=O) groups excluding carboxylic acids is 3. The quantitative estimate of drug-likeness (QED) is 0.0659. The van der Waals surface area contributed by atoms with E-state index in [9.17, 15) is 19.2 Å². The van der Waals surface area contributed by atoms with E-state index in [1.807, 2.05) is 30.3 Å². The molecule has 0 aliphatic heterocycles. The summed E-state index contributed by atoms with van der Waals surface area (Å²) in [6.07, 6.45) is 5.61. The van der Waals surface area contributed by atoms with Crippen LogP contribution in [0.1, 0.15) is 88.6 Å². The summed E-state index contributed by atoms with van der Waals surface area (Å²) < 4.78 is 0. The molecule has 1 atom stereocenters. The average Bonchev–Trinajstić information content (AvgIpc) is 3.39. The van der Waals surface area contributed by atoms with Crippen molar-refractivity contribution in [3.05, 3.63) is 112 Å². The number of benzene rings is 3. The minimum atomic E-state index is -1.04. The van der Waals surface area contributed by atoms with E-state index >= 15 is 0 Å². The van der Waals surface area contributed by atoms with Gasteiger partial charge in [-0.3, -0.25) is 24.4 Å². The van der Waals surface area contributed by atoms with Crippen LogP contribution in [0, 0.1) is 0 Å². The van der Waals surface area contributed by atoms with Gasteiger partial charge in [-0.25, -0.2) is 4.79 Å². The normalized spacial score (nSPS) is 13.8. The van der Waals surface area contributed by atoms with Crippen molar-refractivity contribution in [2.45, 2.75) is 51.9 Å². The highest BCUT2D eigenvalue weighted by Gasteiger charge is 2.41. The number of hydrogen-bond acceptors (Lipinski definition) is 10. The number of aromatic amines is 1. The Bertz CT molecular complexity index is 2090. The molecule has 262 valence electrons. The van der Waals surface area contributed by atoms with Crippen LogP contribution >= 0.6 is 0 Å². The van der Waals surface area contributed by atoms with Crippen LogP contribution in [0.15, 0.2) is 83.7 Å². The number of para-hydroxylation sites is 1. The maximum atomic E-state index is 13.4. The number of anilines is 4. The maximum absolute atomic E-state index is 13.4. The van der Waals surface area contributed by atoms with E-state index in [-0.39, 0.29) is 40.2 Å². The summed E-state index contributed by atoms with van der Waals surface area (Å²) in [4.78, 5) is 70.1. The van der Waals surface area contributed by atoms with Crippen LogP contribution in [0.3, 0.4) is 0 Å². The van der Waals surface area contributed by atoms with Crippen molar-refractivity contribution in [3.8, 4) is 0 Å². The van der Waals surface area contributed by atoms with E-state index in [0.29, 0.717) is 29.1 Å². The zero-order valence-corrected chi connectivity index (χ0v) is 28.9. The molecule has 0 saturated carbocycles. The summed E-state index contributed by atoms with van der Waals surface area (Å²) in [6, 6.07) is 22.5. The van der Waals surface area contributed by atoms with Gasteiger partial charge in [-0.15, -0.1) is 0 Å².